The molecule has 0 saturated heterocycles. The summed E-state index contributed by atoms with van der Waals surface area (Å²) in [6.07, 6.45) is 11.6. The van der Waals surface area contributed by atoms with Crippen molar-refractivity contribution in [3.63, 3.8) is 0 Å². The summed E-state index contributed by atoms with van der Waals surface area (Å²) in [6, 6.07) is 0.371. The topological polar surface area (TPSA) is 81.9 Å². The van der Waals surface area contributed by atoms with Crippen LogP contribution in [0.5, 0.6) is 0 Å². The molecule has 1 N–H and O–H groups in total. The van der Waals surface area contributed by atoms with Crippen molar-refractivity contribution in [1.82, 2.24) is 19.5 Å². The molecule has 2 aromatic heterocycles. The molecule has 2 aromatic rings. The van der Waals surface area contributed by atoms with Crippen molar-refractivity contribution in [1.29, 1.82) is 0 Å². The third-order valence-corrected chi connectivity index (χ3v) is 4.85. The van der Waals surface area contributed by atoms with Crippen molar-refractivity contribution in [3.8, 4) is 0 Å². The minimum Gasteiger partial charge on any atom is -0.448 e. The van der Waals surface area contributed by atoms with E-state index in [1.807, 2.05) is 26.4 Å². The number of hydrogen-bond acceptors (Lipinski definition) is 6. The van der Waals surface area contributed by atoms with Crippen LogP contribution in [0, 0.1) is 0 Å². The van der Waals surface area contributed by atoms with Gasteiger partial charge in [0, 0.05) is 11.8 Å². The fraction of sp³-hybridized carbons (Fsp3) is 0.700. The first kappa shape index (κ1) is 24.2. The van der Waals surface area contributed by atoms with Crippen LogP contribution < -0.4 is 5.32 Å². The molecule has 0 radical (unpaired) electrons. The van der Waals surface area contributed by atoms with Crippen molar-refractivity contribution < 1.29 is 9.53 Å². The smallest absolute Gasteiger partial charge is 0.412 e. The predicted octanol–water partition coefficient (Wildman–Crippen LogP) is 5.69. The van der Waals surface area contributed by atoms with Gasteiger partial charge >= 0.3 is 6.09 Å². The van der Waals surface area contributed by atoms with Crippen LogP contribution in [0.3, 0.4) is 0 Å². The van der Waals surface area contributed by atoms with Gasteiger partial charge in [-0.25, -0.2) is 19.7 Å². The Balaban J connectivity index is 0.00000190. The van der Waals surface area contributed by atoms with Crippen LogP contribution in [0.2, 0.25) is 0 Å². The molecule has 2 heterocycles. The Morgan fingerprint density at radius 1 is 1.18 bits per heavy atom. The molecule has 0 spiro atoms. The van der Waals surface area contributed by atoms with Crippen LogP contribution in [-0.4, -0.2) is 44.2 Å². The van der Waals surface area contributed by atoms with Gasteiger partial charge in [-0.2, -0.15) is 11.8 Å². The standard InChI is InChI=1S/C18H29N5O2S.C2H6/c1-4-6-8-14(9-7-5-2)23-13-21-15-16(19-12-20-17(15)23)22-18(24)25-10-11-26-3;1-2/h12-14H,4-11H2,1-3H3,(H,19,20,22,24);1-2H3. The van der Waals surface area contributed by atoms with Crippen LogP contribution in [0.15, 0.2) is 12.7 Å². The first-order chi connectivity index (χ1) is 13.7. The molecular weight excluding hydrogens is 374 g/mol. The van der Waals surface area contributed by atoms with Gasteiger partial charge in [-0.05, 0) is 19.1 Å². The minimum atomic E-state index is -0.512. The lowest BCUT2D eigenvalue weighted by molar-refractivity contribution is 0.169. The predicted molar refractivity (Wildman–Crippen MR) is 118 cm³/mol. The Morgan fingerprint density at radius 3 is 2.46 bits per heavy atom. The van der Waals surface area contributed by atoms with Crippen LogP contribution in [0.25, 0.3) is 11.2 Å². The van der Waals surface area contributed by atoms with E-state index in [0.717, 1.165) is 24.2 Å². The van der Waals surface area contributed by atoms with Gasteiger partial charge in [-0.1, -0.05) is 53.4 Å². The Labute approximate surface area is 173 Å². The summed E-state index contributed by atoms with van der Waals surface area (Å²) in [5.41, 5.74) is 1.36. The molecule has 158 valence electrons. The van der Waals surface area contributed by atoms with Crippen molar-refractivity contribution in [2.45, 2.75) is 72.3 Å². The highest BCUT2D eigenvalue weighted by atomic mass is 32.2. The van der Waals surface area contributed by atoms with E-state index in [4.69, 9.17) is 4.74 Å². The average molecular weight is 410 g/mol. The zero-order valence-corrected chi connectivity index (χ0v) is 18.7. The highest BCUT2D eigenvalue weighted by molar-refractivity contribution is 7.98. The molecule has 2 rings (SSSR count). The van der Waals surface area contributed by atoms with Crippen molar-refractivity contribution in [3.05, 3.63) is 12.7 Å². The minimum absolute atomic E-state index is 0.367. The number of nitrogens with zero attached hydrogens (tertiary/aromatic N) is 4. The number of carbonyl (C=O) groups is 1. The number of amides is 1. The van der Waals surface area contributed by atoms with Gasteiger partial charge in [0.25, 0.3) is 0 Å². The zero-order valence-electron chi connectivity index (χ0n) is 17.9. The van der Waals surface area contributed by atoms with Gasteiger partial charge in [0.05, 0.1) is 6.33 Å². The van der Waals surface area contributed by atoms with E-state index in [2.05, 4.69) is 38.7 Å². The highest BCUT2D eigenvalue weighted by Crippen LogP contribution is 2.27. The van der Waals surface area contributed by atoms with E-state index >= 15 is 0 Å². The van der Waals surface area contributed by atoms with Gasteiger partial charge < -0.3 is 9.30 Å². The fourth-order valence-electron chi connectivity index (χ4n) is 2.86. The quantitative estimate of drug-likeness (QED) is 0.480. The molecule has 0 unspecified atom stereocenters. The maximum atomic E-state index is 11.9. The Morgan fingerprint density at radius 2 is 1.86 bits per heavy atom. The van der Waals surface area contributed by atoms with E-state index in [0.29, 0.717) is 24.0 Å². The summed E-state index contributed by atoms with van der Waals surface area (Å²) >= 11 is 1.63. The van der Waals surface area contributed by atoms with Crippen LogP contribution in [0.1, 0.15) is 72.3 Å². The third kappa shape index (κ3) is 7.30. The molecule has 1 amide bonds. The molecule has 0 bridgehead atoms. The Bertz CT molecular complexity index is 684. The van der Waals surface area contributed by atoms with Gasteiger partial charge in [-0.15, -0.1) is 0 Å². The number of rotatable bonds is 11. The van der Waals surface area contributed by atoms with E-state index in [1.165, 1.54) is 32.0 Å². The summed E-state index contributed by atoms with van der Waals surface area (Å²) in [6.45, 7) is 8.78. The van der Waals surface area contributed by atoms with E-state index in [9.17, 15) is 4.79 Å². The maximum Gasteiger partial charge on any atom is 0.412 e. The molecule has 0 aromatic carbocycles. The molecule has 7 nitrogen and oxygen atoms in total. The molecule has 0 fully saturated rings. The molecule has 0 saturated carbocycles. The number of carbonyl (C=O) groups excluding carboxylic acids is 1. The highest BCUT2D eigenvalue weighted by Gasteiger charge is 2.18. The molecule has 0 aliphatic heterocycles. The second-order valence-electron chi connectivity index (χ2n) is 6.24. The number of thioether (sulfide) groups is 1. The number of nitrogens with one attached hydrogen (secondary N) is 1. The van der Waals surface area contributed by atoms with Gasteiger partial charge in [0.1, 0.15) is 12.9 Å². The lowest BCUT2D eigenvalue weighted by Gasteiger charge is -2.18. The summed E-state index contributed by atoms with van der Waals surface area (Å²) < 4.78 is 7.26. The SMILES string of the molecule is CC.CCCCC(CCCC)n1cnc2c(NC(=O)OCCSC)ncnc21. The molecule has 0 aliphatic rings. The Hall–Kier alpha value is -1.83. The van der Waals surface area contributed by atoms with Gasteiger partial charge in [0.15, 0.2) is 17.0 Å². The number of hydrogen-bond donors (Lipinski definition) is 1. The lowest BCUT2D eigenvalue weighted by Crippen LogP contribution is -2.16. The lowest BCUT2D eigenvalue weighted by atomic mass is 10.0. The summed E-state index contributed by atoms with van der Waals surface area (Å²) in [4.78, 5) is 25.0. The van der Waals surface area contributed by atoms with Gasteiger partial charge in [-0.3, -0.25) is 5.32 Å². The van der Waals surface area contributed by atoms with Crippen molar-refractivity contribution >= 4 is 34.8 Å². The number of fused-ring (bicyclic) bond motifs is 1. The first-order valence-electron chi connectivity index (χ1n) is 10.3. The maximum absolute atomic E-state index is 11.9. The zero-order chi connectivity index (χ0) is 20.8. The summed E-state index contributed by atoms with van der Waals surface area (Å²) in [5.74, 6) is 1.16. The third-order valence-electron chi connectivity index (χ3n) is 4.28. The number of ether oxygens (including phenoxy) is 1. The number of anilines is 1. The number of unbranched alkanes of at least 4 members (excludes halogenated alkanes) is 2. The van der Waals surface area contributed by atoms with Crippen LogP contribution in [0.4, 0.5) is 10.6 Å². The molecular formula is C20H35N5O2S. The van der Waals surface area contributed by atoms with Crippen molar-refractivity contribution in [2.24, 2.45) is 0 Å². The molecule has 28 heavy (non-hydrogen) atoms. The first-order valence-corrected chi connectivity index (χ1v) is 11.7. The van der Waals surface area contributed by atoms with Gasteiger partial charge in [0.2, 0.25) is 0 Å². The summed E-state index contributed by atoms with van der Waals surface area (Å²) in [5, 5.41) is 2.69. The van der Waals surface area contributed by atoms with E-state index < -0.39 is 6.09 Å². The molecule has 8 heteroatoms. The number of aromatic nitrogens is 4. The van der Waals surface area contributed by atoms with Crippen molar-refractivity contribution in [2.75, 3.05) is 23.9 Å². The Kier molecular flexibility index (Phi) is 12.3. The monoisotopic (exact) mass is 409 g/mol. The number of imidazole rings is 1. The molecule has 0 aliphatic carbocycles. The van der Waals surface area contributed by atoms with E-state index in [1.54, 1.807) is 11.8 Å². The largest absolute Gasteiger partial charge is 0.448 e. The second kappa shape index (κ2) is 14.2. The van der Waals surface area contributed by atoms with Crippen LogP contribution in [-0.2, 0) is 4.74 Å². The normalized spacial score (nSPS) is 10.6. The fourth-order valence-corrected chi connectivity index (χ4v) is 3.11. The molecule has 0 atom stereocenters. The average Bonchev–Trinajstić information content (AvgIpc) is 3.15. The summed E-state index contributed by atoms with van der Waals surface area (Å²) in [7, 11) is 0. The van der Waals surface area contributed by atoms with Crippen LogP contribution >= 0.6 is 11.8 Å². The second-order valence-corrected chi connectivity index (χ2v) is 7.22. The van der Waals surface area contributed by atoms with E-state index in [-0.39, 0.29) is 0 Å².